The van der Waals surface area contributed by atoms with Crippen LogP contribution < -0.4 is 5.32 Å². The molecule has 0 aliphatic rings. The lowest BCUT2D eigenvalue weighted by Gasteiger charge is -2.13. The minimum absolute atomic E-state index is 0.121. The van der Waals surface area contributed by atoms with Gasteiger partial charge in [-0.05, 0) is 26.6 Å². The highest BCUT2D eigenvalue weighted by molar-refractivity contribution is 5.92. The highest BCUT2D eigenvalue weighted by Gasteiger charge is 2.07. The number of aromatic amines is 1. The molecule has 1 amide bonds. The standard InChI is InChI=1S/C10H18N4O/c1-4-14(3)6-5-11-10(15)9-7-8(2)12-13-9/h7H,4-6H2,1-3H3,(H,11,15)(H,12,13). The third-order valence-electron chi connectivity index (χ3n) is 2.26. The van der Waals surface area contributed by atoms with Crippen LogP contribution in [-0.2, 0) is 0 Å². The summed E-state index contributed by atoms with van der Waals surface area (Å²) in [6.45, 7) is 6.44. The second-order valence-corrected chi connectivity index (χ2v) is 3.59. The van der Waals surface area contributed by atoms with Crippen LogP contribution in [0.25, 0.3) is 0 Å². The van der Waals surface area contributed by atoms with E-state index in [0.717, 1.165) is 18.8 Å². The maximum atomic E-state index is 11.5. The number of aryl methyl sites for hydroxylation is 1. The second-order valence-electron chi connectivity index (χ2n) is 3.59. The first-order valence-corrected chi connectivity index (χ1v) is 5.12. The van der Waals surface area contributed by atoms with Gasteiger partial charge in [-0.1, -0.05) is 6.92 Å². The van der Waals surface area contributed by atoms with Gasteiger partial charge >= 0.3 is 0 Å². The average Bonchev–Trinajstić information content (AvgIpc) is 2.64. The monoisotopic (exact) mass is 210 g/mol. The van der Waals surface area contributed by atoms with Crippen LogP contribution in [-0.4, -0.2) is 47.7 Å². The minimum Gasteiger partial charge on any atom is -0.349 e. The molecule has 15 heavy (non-hydrogen) atoms. The molecule has 1 heterocycles. The normalized spacial score (nSPS) is 10.7. The molecular weight excluding hydrogens is 192 g/mol. The number of carbonyl (C=O) groups is 1. The van der Waals surface area contributed by atoms with Crippen molar-refractivity contribution in [1.82, 2.24) is 20.4 Å². The molecule has 1 rings (SSSR count). The van der Waals surface area contributed by atoms with E-state index in [0.29, 0.717) is 12.2 Å². The number of H-pyrrole nitrogens is 1. The van der Waals surface area contributed by atoms with E-state index in [1.807, 2.05) is 14.0 Å². The number of carbonyl (C=O) groups excluding carboxylic acids is 1. The van der Waals surface area contributed by atoms with E-state index in [1.54, 1.807) is 6.07 Å². The van der Waals surface area contributed by atoms with Crippen LogP contribution in [0.2, 0.25) is 0 Å². The van der Waals surface area contributed by atoms with Crippen LogP contribution >= 0.6 is 0 Å². The smallest absolute Gasteiger partial charge is 0.271 e. The Bertz CT molecular complexity index is 321. The SMILES string of the molecule is CCN(C)CCNC(=O)c1cc(C)[nH]n1. The molecule has 5 heteroatoms. The molecule has 0 saturated carbocycles. The van der Waals surface area contributed by atoms with Crippen molar-refractivity contribution in [2.45, 2.75) is 13.8 Å². The Balaban J connectivity index is 2.31. The number of hydrogen-bond donors (Lipinski definition) is 2. The molecule has 1 aromatic heterocycles. The van der Waals surface area contributed by atoms with Gasteiger partial charge in [0.25, 0.3) is 5.91 Å². The van der Waals surface area contributed by atoms with Crippen molar-refractivity contribution >= 4 is 5.91 Å². The number of aromatic nitrogens is 2. The maximum absolute atomic E-state index is 11.5. The predicted molar refractivity (Wildman–Crippen MR) is 58.8 cm³/mol. The first-order valence-electron chi connectivity index (χ1n) is 5.12. The summed E-state index contributed by atoms with van der Waals surface area (Å²) < 4.78 is 0. The largest absolute Gasteiger partial charge is 0.349 e. The van der Waals surface area contributed by atoms with Gasteiger partial charge in [0, 0.05) is 18.8 Å². The maximum Gasteiger partial charge on any atom is 0.271 e. The average molecular weight is 210 g/mol. The molecule has 0 atom stereocenters. The highest BCUT2D eigenvalue weighted by Crippen LogP contribution is 1.96. The molecule has 0 aliphatic heterocycles. The van der Waals surface area contributed by atoms with Gasteiger partial charge in [-0.25, -0.2) is 0 Å². The van der Waals surface area contributed by atoms with Crippen LogP contribution in [0, 0.1) is 6.92 Å². The van der Waals surface area contributed by atoms with Crippen molar-refractivity contribution in [3.8, 4) is 0 Å². The number of nitrogens with zero attached hydrogens (tertiary/aromatic N) is 2. The van der Waals surface area contributed by atoms with Gasteiger partial charge in [-0.3, -0.25) is 9.89 Å². The van der Waals surface area contributed by atoms with Gasteiger partial charge < -0.3 is 10.2 Å². The number of nitrogens with one attached hydrogen (secondary N) is 2. The number of hydrogen-bond acceptors (Lipinski definition) is 3. The molecule has 0 radical (unpaired) electrons. The van der Waals surface area contributed by atoms with Crippen LogP contribution in [0.1, 0.15) is 23.1 Å². The fourth-order valence-electron chi connectivity index (χ4n) is 1.14. The molecule has 0 spiro atoms. The van der Waals surface area contributed by atoms with E-state index in [9.17, 15) is 4.79 Å². The zero-order chi connectivity index (χ0) is 11.3. The van der Waals surface area contributed by atoms with Crippen molar-refractivity contribution in [3.63, 3.8) is 0 Å². The molecule has 84 valence electrons. The Morgan fingerprint density at radius 1 is 1.67 bits per heavy atom. The second kappa shape index (κ2) is 5.50. The molecule has 5 nitrogen and oxygen atoms in total. The molecular formula is C10H18N4O. The van der Waals surface area contributed by atoms with Crippen molar-refractivity contribution < 1.29 is 4.79 Å². The topological polar surface area (TPSA) is 61.0 Å². The quantitative estimate of drug-likeness (QED) is 0.739. The molecule has 0 aromatic carbocycles. The Morgan fingerprint density at radius 3 is 2.93 bits per heavy atom. The minimum atomic E-state index is -0.121. The molecule has 1 aromatic rings. The summed E-state index contributed by atoms with van der Waals surface area (Å²) >= 11 is 0. The van der Waals surface area contributed by atoms with Gasteiger partial charge in [0.2, 0.25) is 0 Å². The zero-order valence-electron chi connectivity index (χ0n) is 9.50. The molecule has 2 N–H and O–H groups in total. The summed E-state index contributed by atoms with van der Waals surface area (Å²) in [5.74, 6) is -0.121. The van der Waals surface area contributed by atoms with Crippen LogP contribution in [0.4, 0.5) is 0 Å². The number of likely N-dealkylation sites (N-methyl/N-ethyl adjacent to an activating group) is 1. The van der Waals surface area contributed by atoms with E-state index in [4.69, 9.17) is 0 Å². The number of amides is 1. The summed E-state index contributed by atoms with van der Waals surface area (Å²) in [6.07, 6.45) is 0. The lowest BCUT2D eigenvalue weighted by Crippen LogP contribution is -2.33. The zero-order valence-corrected chi connectivity index (χ0v) is 9.50. The van der Waals surface area contributed by atoms with E-state index < -0.39 is 0 Å². The summed E-state index contributed by atoms with van der Waals surface area (Å²) in [7, 11) is 2.02. The van der Waals surface area contributed by atoms with Crippen molar-refractivity contribution in [2.24, 2.45) is 0 Å². The van der Waals surface area contributed by atoms with Gasteiger partial charge in [0.1, 0.15) is 5.69 Å². The Hall–Kier alpha value is -1.36. The van der Waals surface area contributed by atoms with Gasteiger partial charge in [0.05, 0.1) is 0 Å². The van der Waals surface area contributed by atoms with Crippen LogP contribution in [0.3, 0.4) is 0 Å². The third kappa shape index (κ3) is 3.71. The lowest BCUT2D eigenvalue weighted by molar-refractivity contribution is 0.0945. The number of rotatable bonds is 5. The third-order valence-corrected chi connectivity index (χ3v) is 2.26. The Kier molecular flexibility index (Phi) is 4.30. The van der Waals surface area contributed by atoms with Crippen LogP contribution in [0.15, 0.2) is 6.07 Å². The first-order chi connectivity index (χ1) is 7.13. The first kappa shape index (κ1) is 11.7. The summed E-state index contributed by atoms with van der Waals surface area (Å²) in [5.41, 5.74) is 1.34. The molecule has 0 saturated heterocycles. The summed E-state index contributed by atoms with van der Waals surface area (Å²) in [4.78, 5) is 13.7. The molecule has 0 fully saturated rings. The fraction of sp³-hybridized carbons (Fsp3) is 0.600. The predicted octanol–water partition coefficient (Wildman–Crippen LogP) is 0.400. The van der Waals surface area contributed by atoms with E-state index in [1.165, 1.54) is 0 Å². The van der Waals surface area contributed by atoms with Crippen molar-refractivity contribution in [3.05, 3.63) is 17.5 Å². The lowest BCUT2D eigenvalue weighted by atomic mass is 10.3. The molecule has 0 unspecified atom stereocenters. The van der Waals surface area contributed by atoms with Gasteiger partial charge in [-0.15, -0.1) is 0 Å². The highest BCUT2D eigenvalue weighted by atomic mass is 16.1. The van der Waals surface area contributed by atoms with E-state index >= 15 is 0 Å². The fourth-order valence-corrected chi connectivity index (χ4v) is 1.14. The molecule has 0 bridgehead atoms. The van der Waals surface area contributed by atoms with Crippen molar-refractivity contribution in [1.29, 1.82) is 0 Å². The molecule has 0 aliphatic carbocycles. The van der Waals surface area contributed by atoms with E-state index in [2.05, 4.69) is 27.3 Å². The van der Waals surface area contributed by atoms with Crippen LogP contribution in [0.5, 0.6) is 0 Å². The van der Waals surface area contributed by atoms with Gasteiger partial charge in [-0.2, -0.15) is 5.10 Å². The van der Waals surface area contributed by atoms with Crippen molar-refractivity contribution in [2.75, 3.05) is 26.7 Å². The van der Waals surface area contributed by atoms with E-state index in [-0.39, 0.29) is 5.91 Å². The summed E-state index contributed by atoms with van der Waals surface area (Å²) in [5, 5.41) is 9.44. The Labute approximate surface area is 89.9 Å². The van der Waals surface area contributed by atoms with Gasteiger partial charge in [0.15, 0.2) is 0 Å². The summed E-state index contributed by atoms with van der Waals surface area (Å²) in [6, 6.07) is 1.73. The Morgan fingerprint density at radius 2 is 2.40 bits per heavy atom.